The van der Waals surface area contributed by atoms with Crippen LogP contribution in [0.4, 0.5) is 10.5 Å². The summed E-state index contributed by atoms with van der Waals surface area (Å²) in [5, 5.41) is 2.88. The Balaban J connectivity index is 1.91. The first kappa shape index (κ1) is 16.5. The van der Waals surface area contributed by atoms with Crippen molar-refractivity contribution in [3.8, 4) is 0 Å². The van der Waals surface area contributed by atoms with Gasteiger partial charge in [-0.3, -0.25) is 9.69 Å². The molecule has 1 N–H and O–H groups in total. The molecule has 120 valence electrons. The second kappa shape index (κ2) is 7.40. The molecular formula is C17H25N3O2. The average molecular weight is 303 g/mol. The van der Waals surface area contributed by atoms with Crippen molar-refractivity contribution in [1.29, 1.82) is 0 Å². The maximum absolute atomic E-state index is 12.3. The van der Waals surface area contributed by atoms with Gasteiger partial charge in [0.1, 0.15) is 0 Å². The predicted octanol–water partition coefficient (Wildman–Crippen LogP) is 2.84. The molecule has 5 nitrogen and oxygen atoms in total. The van der Waals surface area contributed by atoms with Gasteiger partial charge in [0.15, 0.2) is 5.78 Å². The van der Waals surface area contributed by atoms with Gasteiger partial charge in [0.25, 0.3) is 0 Å². The fourth-order valence-electron chi connectivity index (χ4n) is 2.64. The number of piperazine rings is 1. The van der Waals surface area contributed by atoms with Gasteiger partial charge in [-0.1, -0.05) is 19.1 Å². The number of anilines is 1. The third-order valence-corrected chi connectivity index (χ3v) is 4.34. The summed E-state index contributed by atoms with van der Waals surface area (Å²) in [5.74, 6) is -0.00161. The molecule has 1 aliphatic heterocycles. The molecule has 1 heterocycles. The van der Waals surface area contributed by atoms with E-state index in [9.17, 15) is 9.59 Å². The van der Waals surface area contributed by atoms with Crippen LogP contribution < -0.4 is 5.32 Å². The summed E-state index contributed by atoms with van der Waals surface area (Å²) in [6.45, 7) is 9.24. The molecule has 0 aromatic heterocycles. The van der Waals surface area contributed by atoms with Crippen molar-refractivity contribution >= 4 is 17.5 Å². The van der Waals surface area contributed by atoms with Crippen LogP contribution in [0, 0.1) is 0 Å². The zero-order valence-electron chi connectivity index (χ0n) is 13.6. The topological polar surface area (TPSA) is 52.6 Å². The maximum atomic E-state index is 12.3. The van der Waals surface area contributed by atoms with Crippen LogP contribution in [-0.4, -0.2) is 53.8 Å². The molecule has 1 aliphatic rings. The average Bonchev–Trinajstić information content (AvgIpc) is 2.54. The summed E-state index contributed by atoms with van der Waals surface area (Å²) in [4.78, 5) is 27.9. The second-order valence-corrected chi connectivity index (χ2v) is 5.85. The van der Waals surface area contributed by atoms with Crippen LogP contribution >= 0.6 is 0 Å². The Kier molecular flexibility index (Phi) is 5.55. The normalized spacial score (nSPS) is 17.1. The Labute approximate surface area is 132 Å². The van der Waals surface area contributed by atoms with Crippen LogP contribution in [0.5, 0.6) is 0 Å². The number of hydrogen-bond acceptors (Lipinski definition) is 3. The quantitative estimate of drug-likeness (QED) is 0.870. The monoisotopic (exact) mass is 303 g/mol. The minimum absolute atomic E-state index is 0.00161. The number of carbonyl (C=O) groups excluding carboxylic acids is 2. The lowest BCUT2D eigenvalue weighted by Gasteiger charge is -2.37. The smallest absolute Gasteiger partial charge is 0.321 e. The van der Waals surface area contributed by atoms with E-state index >= 15 is 0 Å². The number of nitrogens with zero attached hydrogens (tertiary/aromatic N) is 2. The molecule has 1 fully saturated rings. The molecule has 0 saturated carbocycles. The van der Waals surface area contributed by atoms with Crippen molar-refractivity contribution in [1.82, 2.24) is 9.80 Å². The zero-order valence-corrected chi connectivity index (χ0v) is 13.6. The number of nitrogens with one attached hydrogen (secondary N) is 1. The van der Waals surface area contributed by atoms with E-state index in [4.69, 9.17) is 0 Å². The minimum Gasteiger partial charge on any atom is -0.322 e. The van der Waals surface area contributed by atoms with Crippen molar-refractivity contribution in [3.05, 3.63) is 29.8 Å². The number of rotatable bonds is 4. The first-order valence-electron chi connectivity index (χ1n) is 7.92. The zero-order chi connectivity index (χ0) is 16.1. The van der Waals surface area contributed by atoms with E-state index < -0.39 is 0 Å². The van der Waals surface area contributed by atoms with Gasteiger partial charge in [0, 0.05) is 43.5 Å². The van der Waals surface area contributed by atoms with Crippen LogP contribution in [0.1, 0.15) is 37.6 Å². The fraction of sp³-hybridized carbons (Fsp3) is 0.529. The maximum Gasteiger partial charge on any atom is 0.321 e. The number of benzene rings is 1. The molecule has 0 bridgehead atoms. The molecule has 1 aromatic rings. The van der Waals surface area contributed by atoms with Crippen LogP contribution in [0.25, 0.3) is 0 Å². The highest BCUT2D eigenvalue weighted by molar-refractivity contribution is 5.96. The van der Waals surface area contributed by atoms with E-state index in [0.29, 0.717) is 17.3 Å². The number of amides is 2. The summed E-state index contributed by atoms with van der Waals surface area (Å²) in [6, 6.07) is 7.54. The summed E-state index contributed by atoms with van der Waals surface area (Å²) < 4.78 is 0. The second-order valence-electron chi connectivity index (χ2n) is 5.85. The van der Waals surface area contributed by atoms with Crippen LogP contribution in [-0.2, 0) is 0 Å². The Morgan fingerprint density at radius 2 is 1.91 bits per heavy atom. The third kappa shape index (κ3) is 4.07. The lowest BCUT2D eigenvalue weighted by atomic mass is 10.1. The van der Waals surface area contributed by atoms with Gasteiger partial charge in [-0.05, 0) is 32.4 Å². The van der Waals surface area contributed by atoms with Crippen LogP contribution in [0.3, 0.4) is 0 Å². The molecule has 1 saturated heterocycles. The van der Waals surface area contributed by atoms with Crippen molar-refractivity contribution in [3.63, 3.8) is 0 Å². The highest BCUT2D eigenvalue weighted by Crippen LogP contribution is 2.14. The minimum atomic E-state index is -0.0931. The molecule has 2 amide bonds. The van der Waals surface area contributed by atoms with E-state index in [-0.39, 0.29) is 11.8 Å². The molecule has 2 rings (SSSR count). The van der Waals surface area contributed by atoms with Gasteiger partial charge in [0.05, 0.1) is 0 Å². The SMILES string of the molecule is CCC(C)N1CCN(C(=O)Nc2cccc(C(C)=O)c2)CC1. The lowest BCUT2D eigenvalue weighted by Crippen LogP contribution is -2.52. The van der Waals surface area contributed by atoms with Crippen LogP contribution in [0.15, 0.2) is 24.3 Å². The summed E-state index contributed by atoms with van der Waals surface area (Å²) >= 11 is 0. The standard InChI is InChI=1S/C17H25N3O2/c1-4-13(2)19-8-10-20(11-9-19)17(22)18-16-7-5-6-15(12-16)14(3)21/h5-7,12-13H,4,8-11H2,1-3H3,(H,18,22). The van der Waals surface area contributed by atoms with Gasteiger partial charge in [-0.15, -0.1) is 0 Å². The Hall–Kier alpha value is -1.88. The van der Waals surface area contributed by atoms with Gasteiger partial charge < -0.3 is 10.2 Å². The Morgan fingerprint density at radius 1 is 1.23 bits per heavy atom. The number of ketones is 1. The van der Waals surface area contributed by atoms with Gasteiger partial charge >= 0.3 is 6.03 Å². The third-order valence-electron chi connectivity index (χ3n) is 4.34. The molecule has 0 aliphatic carbocycles. The van der Waals surface area contributed by atoms with Gasteiger partial charge in [-0.25, -0.2) is 4.79 Å². The molecule has 0 spiro atoms. The van der Waals surface area contributed by atoms with E-state index in [1.807, 2.05) is 4.90 Å². The van der Waals surface area contributed by atoms with Crippen molar-refractivity contribution < 1.29 is 9.59 Å². The lowest BCUT2D eigenvalue weighted by molar-refractivity contribution is 0.101. The van der Waals surface area contributed by atoms with E-state index in [0.717, 1.165) is 32.6 Å². The molecule has 1 atom stereocenters. The van der Waals surface area contributed by atoms with Crippen molar-refractivity contribution in [2.75, 3.05) is 31.5 Å². The van der Waals surface area contributed by atoms with Crippen LogP contribution in [0.2, 0.25) is 0 Å². The van der Waals surface area contributed by atoms with Gasteiger partial charge in [-0.2, -0.15) is 0 Å². The molecular weight excluding hydrogens is 278 g/mol. The highest BCUT2D eigenvalue weighted by atomic mass is 16.2. The molecule has 0 radical (unpaired) electrons. The largest absolute Gasteiger partial charge is 0.322 e. The van der Waals surface area contributed by atoms with E-state index in [1.54, 1.807) is 24.3 Å². The van der Waals surface area contributed by atoms with E-state index in [1.165, 1.54) is 6.92 Å². The van der Waals surface area contributed by atoms with Crippen molar-refractivity contribution in [2.24, 2.45) is 0 Å². The Morgan fingerprint density at radius 3 is 2.50 bits per heavy atom. The predicted molar refractivity (Wildman–Crippen MR) is 88.4 cm³/mol. The highest BCUT2D eigenvalue weighted by Gasteiger charge is 2.23. The molecule has 1 aromatic carbocycles. The first-order valence-corrected chi connectivity index (χ1v) is 7.92. The molecule has 1 unspecified atom stereocenters. The number of carbonyl (C=O) groups is 2. The first-order chi connectivity index (χ1) is 10.5. The Bertz CT molecular complexity index is 536. The van der Waals surface area contributed by atoms with Gasteiger partial charge in [0.2, 0.25) is 0 Å². The molecule has 22 heavy (non-hydrogen) atoms. The number of urea groups is 1. The fourth-order valence-corrected chi connectivity index (χ4v) is 2.64. The summed E-state index contributed by atoms with van der Waals surface area (Å²) in [6.07, 6.45) is 1.13. The summed E-state index contributed by atoms with van der Waals surface area (Å²) in [7, 11) is 0. The van der Waals surface area contributed by atoms with E-state index in [2.05, 4.69) is 24.1 Å². The van der Waals surface area contributed by atoms with Crippen molar-refractivity contribution in [2.45, 2.75) is 33.2 Å². The number of hydrogen-bond donors (Lipinski definition) is 1. The molecule has 5 heteroatoms. The number of Topliss-reactive ketones (excluding diaryl/α,β-unsaturated/α-hetero) is 1. The summed E-state index contributed by atoms with van der Waals surface area (Å²) in [5.41, 5.74) is 1.28.